The summed E-state index contributed by atoms with van der Waals surface area (Å²) >= 11 is 0. The minimum Gasteiger partial charge on any atom is -0.504 e. The molecule has 1 aromatic carbocycles. The molecule has 0 fully saturated rings. The lowest BCUT2D eigenvalue weighted by molar-refractivity contribution is 0.373. The van der Waals surface area contributed by atoms with E-state index in [0.29, 0.717) is 12.3 Å². The lowest BCUT2D eigenvalue weighted by Gasteiger charge is -2.07. The fraction of sp³-hybridized carbons (Fsp3) is 0.250. The van der Waals surface area contributed by atoms with Crippen LogP contribution < -0.4 is 10.1 Å². The number of hydrogen-bond acceptors (Lipinski definition) is 4. The third kappa shape index (κ3) is 2.98. The zero-order valence-electron chi connectivity index (χ0n) is 9.60. The number of nitrogens with one attached hydrogen (secondary N) is 2. The number of methoxy groups -OCH3 is 1. The van der Waals surface area contributed by atoms with Crippen LogP contribution in [0.15, 0.2) is 30.7 Å². The number of aromatic amines is 1. The van der Waals surface area contributed by atoms with Gasteiger partial charge in [0.1, 0.15) is 0 Å². The molecule has 0 atom stereocenters. The first-order chi connectivity index (χ1) is 8.29. The van der Waals surface area contributed by atoms with Crippen molar-refractivity contribution < 1.29 is 9.84 Å². The quantitative estimate of drug-likeness (QED) is 0.730. The first-order valence-electron chi connectivity index (χ1n) is 5.33. The zero-order chi connectivity index (χ0) is 12.1. The summed E-state index contributed by atoms with van der Waals surface area (Å²) in [6, 6.07) is 5.30. The molecular weight excluding hydrogens is 218 g/mol. The zero-order valence-corrected chi connectivity index (χ0v) is 9.60. The number of aromatic nitrogens is 2. The Kier molecular flexibility index (Phi) is 3.62. The van der Waals surface area contributed by atoms with E-state index < -0.39 is 0 Å². The maximum atomic E-state index is 9.45. The summed E-state index contributed by atoms with van der Waals surface area (Å²) in [7, 11) is 1.54. The molecule has 1 heterocycles. The predicted molar refractivity (Wildman–Crippen MR) is 63.8 cm³/mol. The first kappa shape index (κ1) is 11.5. The SMILES string of the molecule is COc1cc(CNCc2cnc[nH]2)ccc1O. The van der Waals surface area contributed by atoms with Gasteiger partial charge in [0, 0.05) is 25.0 Å². The van der Waals surface area contributed by atoms with E-state index in [1.54, 1.807) is 18.6 Å². The smallest absolute Gasteiger partial charge is 0.160 e. The number of imidazole rings is 1. The van der Waals surface area contributed by atoms with Gasteiger partial charge in [-0.1, -0.05) is 6.07 Å². The highest BCUT2D eigenvalue weighted by atomic mass is 16.5. The van der Waals surface area contributed by atoms with E-state index in [-0.39, 0.29) is 5.75 Å². The molecule has 2 aromatic rings. The van der Waals surface area contributed by atoms with Gasteiger partial charge in [0.2, 0.25) is 0 Å². The van der Waals surface area contributed by atoms with Crippen molar-refractivity contribution in [3.8, 4) is 11.5 Å². The molecule has 1 aromatic heterocycles. The molecule has 0 unspecified atom stereocenters. The Bertz CT molecular complexity index is 469. The van der Waals surface area contributed by atoms with Gasteiger partial charge in [-0.05, 0) is 17.7 Å². The van der Waals surface area contributed by atoms with E-state index in [4.69, 9.17) is 4.74 Å². The van der Waals surface area contributed by atoms with E-state index in [9.17, 15) is 5.11 Å². The van der Waals surface area contributed by atoms with Gasteiger partial charge in [0.15, 0.2) is 11.5 Å². The average molecular weight is 233 g/mol. The topological polar surface area (TPSA) is 70.2 Å². The lowest BCUT2D eigenvalue weighted by atomic mass is 10.2. The van der Waals surface area contributed by atoms with Gasteiger partial charge >= 0.3 is 0 Å². The number of rotatable bonds is 5. The molecule has 0 spiro atoms. The Hall–Kier alpha value is -2.01. The first-order valence-corrected chi connectivity index (χ1v) is 5.33. The Labute approximate surface area is 99.5 Å². The van der Waals surface area contributed by atoms with Crippen LogP contribution in [-0.2, 0) is 13.1 Å². The number of aromatic hydroxyl groups is 1. The number of nitrogens with zero attached hydrogens (tertiary/aromatic N) is 1. The fourth-order valence-corrected chi connectivity index (χ4v) is 1.55. The summed E-state index contributed by atoms with van der Waals surface area (Å²) < 4.78 is 5.04. The average Bonchev–Trinajstić information content (AvgIpc) is 2.84. The van der Waals surface area contributed by atoms with E-state index in [1.807, 2.05) is 12.1 Å². The maximum absolute atomic E-state index is 9.45. The van der Waals surface area contributed by atoms with Crippen LogP contribution >= 0.6 is 0 Å². The van der Waals surface area contributed by atoms with Crippen molar-refractivity contribution in [1.29, 1.82) is 0 Å². The van der Waals surface area contributed by atoms with Crippen LogP contribution in [0, 0.1) is 0 Å². The molecule has 0 aliphatic carbocycles. The second-order valence-electron chi connectivity index (χ2n) is 3.69. The molecule has 3 N–H and O–H groups in total. The summed E-state index contributed by atoms with van der Waals surface area (Å²) in [6.45, 7) is 1.43. The van der Waals surface area contributed by atoms with Gasteiger partial charge in [-0.3, -0.25) is 0 Å². The van der Waals surface area contributed by atoms with E-state index >= 15 is 0 Å². The molecule has 17 heavy (non-hydrogen) atoms. The highest BCUT2D eigenvalue weighted by Crippen LogP contribution is 2.26. The molecule has 0 aliphatic rings. The van der Waals surface area contributed by atoms with Crippen molar-refractivity contribution in [2.75, 3.05) is 7.11 Å². The maximum Gasteiger partial charge on any atom is 0.160 e. The number of benzene rings is 1. The molecule has 5 nitrogen and oxygen atoms in total. The Balaban J connectivity index is 1.90. The second kappa shape index (κ2) is 5.36. The molecule has 0 saturated carbocycles. The normalized spacial score (nSPS) is 10.4. The molecule has 0 bridgehead atoms. The van der Waals surface area contributed by atoms with Crippen LogP contribution in [0.25, 0.3) is 0 Å². The molecule has 2 rings (SSSR count). The number of hydrogen-bond donors (Lipinski definition) is 3. The van der Waals surface area contributed by atoms with Crippen LogP contribution in [0.2, 0.25) is 0 Å². The van der Waals surface area contributed by atoms with E-state index in [0.717, 1.165) is 17.8 Å². The molecule has 90 valence electrons. The van der Waals surface area contributed by atoms with Gasteiger partial charge in [-0.25, -0.2) is 4.98 Å². The molecule has 0 saturated heterocycles. The number of ether oxygens (including phenoxy) is 1. The Morgan fingerprint density at radius 3 is 3.00 bits per heavy atom. The minimum atomic E-state index is 0.157. The third-order valence-corrected chi connectivity index (χ3v) is 2.44. The van der Waals surface area contributed by atoms with Gasteiger partial charge in [-0.15, -0.1) is 0 Å². The van der Waals surface area contributed by atoms with Crippen molar-refractivity contribution in [2.45, 2.75) is 13.1 Å². The van der Waals surface area contributed by atoms with Crippen LogP contribution in [-0.4, -0.2) is 22.2 Å². The summed E-state index contributed by atoms with van der Waals surface area (Å²) in [5.41, 5.74) is 2.09. The largest absolute Gasteiger partial charge is 0.504 e. The van der Waals surface area contributed by atoms with Gasteiger partial charge in [0.05, 0.1) is 13.4 Å². The van der Waals surface area contributed by atoms with Crippen LogP contribution in [0.4, 0.5) is 0 Å². The standard InChI is InChI=1S/C12H15N3O2/c1-17-12-4-9(2-3-11(12)16)5-13-6-10-7-14-8-15-10/h2-4,7-8,13,16H,5-6H2,1H3,(H,14,15). The monoisotopic (exact) mass is 233 g/mol. The number of phenols is 1. The van der Waals surface area contributed by atoms with Crippen molar-refractivity contribution >= 4 is 0 Å². The molecule has 0 amide bonds. The summed E-state index contributed by atoms with van der Waals surface area (Å²) in [5, 5.41) is 12.7. The number of phenolic OH excluding ortho intramolecular Hbond substituents is 1. The number of H-pyrrole nitrogens is 1. The van der Waals surface area contributed by atoms with Gasteiger partial charge < -0.3 is 20.1 Å². The Morgan fingerprint density at radius 2 is 2.29 bits per heavy atom. The van der Waals surface area contributed by atoms with Crippen LogP contribution in [0.1, 0.15) is 11.3 Å². The van der Waals surface area contributed by atoms with E-state index in [2.05, 4.69) is 15.3 Å². The fourth-order valence-electron chi connectivity index (χ4n) is 1.55. The second-order valence-corrected chi connectivity index (χ2v) is 3.69. The lowest BCUT2D eigenvalue weighted by Crippen LogP contribution is -2.12. The van der Waals surface area contributed by atoms with Gasteiger partial charge in [0.25, 0.3) is 0 Å². The summed E-state index contributed by atoms with van der Waals surface area (Å²) in [6.07, 6.45) is 3.44. The highest BCUT2D eigenvalue weighted by Gasteiger charge is 2.02. The third-order valence-electron chi connectivity index (χ3n) is 2.44. The molecule has 0 radical (unpaired) electrons. The van der Waals surface area contributed by atoms with Crippen LogP contribution in [0.3, 0.4) is 0 Å². The molecular formula is C12H15N3O2. The molecule has 5 heteroatoms. The van der Waals surface area contributed by atoms with Crippen molar-refractivity contribution in [3.05, 3.63) is 42.0 Å². The van der Waals surface area contributed by atoms with Crippen molar-refractivity contribution in [3.63, 3.8) is 0 Å². The summed E-state index contributed by atoms with van der Waals surface area (Å²) in [5.74, 6) is 0.649. The van der Waals surface area contributed by atoms with Gasteiger partial charge in [-0.2, -0.15) is 0 Å². The summed E-state index contributed by atoms with van der Waals surface area (Å²) in [4.78, 5) is 6.95. The highest BCUT2D eigenvalue weighted by molar-refractivity contribution is 5.41. The minimum absolute atomic E-state index is 0.157. The van der Waals surface area contributed by atoms with Crippen LogP contribution in [0.5, 0.6) is 11.5 Å². The van der Waals surface area contributed by atoms with Crippen molar-refractivity contribution in [1.82, 2.24) is 15.3 Å². The molecule has 0 aliphatic heterocycles. The van der Waals surface area contributed by atoms with Crippen molar-refractivity contribution in [2.24, 2.45) is 0 Å². The predicted octanol–water partition coefficient (Wildman–Crippen LogP) is 1.41. The Morgan fingerprint density at radius 1 is 1.41 bits per heavy atom. The van der Waals surface area contributed by atoms with E-state index in [1.165, 1.54) is 7.11 Å².